The monoisotopic (exact) mass is 294 g/mol. The van der Waals surface area contributed by atoms with E-state index in [-0.39, 0.29) is 6.04 Å². The fourth-order valence-electron chi connectivity index (χ4n) is 2.12. The predicted octanol–water partition coefficient (Wildman–Crippen LogP) is 4.19. The molecule has 5 heteroatoms. The van der Waals surface area contributed by atoms with Gasteiger partial charge < -0.3 is 5.32 Å². The number of pyridine rings is 1. The third-order valence-corrected chi connectivity index (χ3v) is 3.13. The van der Waals surface area contributed by atoms with Crippen molar-refractivity contribution >= 4 is 0 Å². The highest BCUT2D eigenvalue weighted by Gasteiger charge is 2.31. The molecule has 1 N–H and O–H groups in total. The minimum absolute atomic E-state index is 0.339. The molecule has 21 heavy (non-hydrogen) atoms. The summed E-state index contributed by atoms with van der Waals surface area (Å²) < 4.78 is 38.5. The lowest BCUT2D eigenvalue weighted by Gasteiger charge is -2.19. The van der Waals surface area contributed by atoms with Gasteiger partial charge in [0.25, 0.3) is 0 Å². The largest absolute Gasteiger partial charge is 0.416 e. The van der Waals surface area contributed by atoms with E-state index in [9.17, 15) is 13.2 Å². The van der Waals surface area contributed by atoms with Crippen LogP contribution in [0.4, 0.5) is 13.2 Å². The summed E-state index contributed by atoms with van der Waals surface area (Å²) in [5, 5.41) is 3.25. The lowest BCUT2D eigenvalue weighted by molar-refractivity contribution is -0.137. The molecule has 2 nitrogen and oxygen atoms in total. The van der Waals surface area contributed by atoms with Crippen molar-refractivity contribution in [2.75, 3.05) is 6.54 Å². The summed E-state index contributed by atoms with van der Waals surface area (Å²) in [6, 6.07) is 10.5. The molecule has 0 bridgehead atoms. The van der Waals surface area contributed by atoms with Crippen LogP contribution in [0.2, 0.25) is 0 Å². The Morgan fingerprint density at radius 1 is 1.14 bits per heavy atom. The van der Waals surface area contributed by atoms with Crippen LogP contribution >= 0.6 is 0 Å². The molecule has 0 aliphatic heterocycles. The van der Waals surface area contributed by atoms with Crippen molar-refractivity contribution in [2.45, 2.75) is 25.6 Å². The Morgan fingerprint density at radius 2 is 1.95 bits per heavy atom. The third-order valence-electron chi connectivity index (χ3n) is 3.13. The maximum Gasteiger partial charge on any atom is 0.416 e. The van der Waals surface area contributed by atoms with Gasteiger partial charge in [0.1, 0.15) is 0 Å². The number of hydrogen-bond acceptors (Lipinski definition) is 2. The first-order valence-electron chi connectivity index (χ1n) is 6.84. The number of halogens is 3. The normalized spacial score (nSPS) is 13.1. The first-order valence-corrected chi connectivity index (χ1v) is 6.84. The minimum Gasteiger partial charge on any atom is -0.305 e. The number of aromatic nitrogens is 1. The maximum absolute atomic E-state index is 12.8. The molecule has 0 radical (unpaired) electrons. The van der Waals surface area contributed by atoms with Crippen molar-refractivity contribution < 1.29 is 13.2 Å². The highest BCUT2D eigenvalue weighted by atomic mass is 19.4. The lowest BCUT2D eigenvalue weighted by atomic mass is 10.0. The van der Waals surface area contributed by atoms with Crippen LogP contribution in [-0.4, -0.2) is 11.5 Å². The smallest absolute Gasteiger partial charge is 0.305 e. The molecule has 0 aliphatic rings. The van der Waals surface area contributed by atoms with E-state index in [0.29, 0.717) is 17.8 Å². The van der Waals surface area contributed by atoms with E-state index in [0.717, 1.165) is 12.5 Å². The zero-order valence-electron chi connectivity index (χ0n) is 11.7. The molecule has 2 rings (SSSR count). The summed E-state index contributed by atoms with van der Waals surface area (Å²) in [5.74, 6) is 0. The van der Waals surface area contributed by atoms with Crippen molar-refractivity contribution in [3.63, 3.8) is 0 Å². The maximum atomic E-state index is 12.8. The van der Waals surface area contributed by atoms with Gasteiger partial charge in [-0.2, -0.15) is 13.2 Å². The van der Waals surface area contributed by atoms with Crippen molar-refractivity contribution in [3.05, 3.63) is 65.5 Å². The summed E-state index contributed by atoms with van der Waals surface area (Å²) in [6.45, 7) is 2.71. The summed E-state index contributed by atoms with van der Waals surface area (Å²) in [7, 11) is 0. The fraction of sp³-hybridized carbons (Fsp3) is 0.312. The van der Waals surface area contributed by atoms with E-state index in [1.807, 2.05) is 19.1 Å². The van der Waals surface area contributed by atoms with Gasteiger partial charge in [0.2, 0.25) is 0 Å². The van der Waals surface area contributed by atoms with Crippen LogP contribution in [0.25, 0.3) is 0 Å². The average Bonchev–Trinajstić information content (AvgIpc) is 2.48. The number of hydrogen-bond donors (Lipinski definition) is 1. The molecule has 1 heterocycles. The molecule has 2 aromatic rings. The minimum atomic E-state index is -4.34. The van der Waals surface area contributed by atoms with E-state index in [1.165, 1.54) is 12.1 Å². The second-order valence-corrected chi connectivity index (χ2v) is 4.76. The van der Waals surface area contributed by atoms with Crippen LogP contribution in [0.15, 0.2) is 48.7 Å². The summed E-state index contributed by atoms with van der Waals surface area (Å²) in [6.07, 6.45) is -1.80. The van der Waals surface area contributed by atoms with Crippen LogP contribution in [0.1, 0.15) is 36.2 Å². The number of benzene rings is 1. The molecule has 1 aromatic carbocycles. The van der Waals surface area contributed by atoms with Crippen LogP contribution < -0.4 is 5.32 Å². The molecule has 0 aliphatic carbocycles. The van der Waals surface area contributed by atoms with Gasteiger partial charge in [-0.3, -0.25) is 4.98 Å². The third kappa shape index (κ3) is 4.04. The lowest BCUT2D eigenvalue weighted by Crippen LogP contribution is -2.24. The van der Waals surface area contributed by atoms with Crippen molar-refractivity contribution in [1.29, 1.82) is 0 Å². The molecule has 1 unspecified atom stereocenters. The average molecular weight is 294 g/mol. The van der Waals surface area contributed by atoms with Crippen molar-refractivity contribution in [3.8, 4) is 0 Å². The van der Waals surface area contributed by atoms with Crippen molar-refractivity contribution in [1.82, 2.24) is 10.3 Å². The topological polar surface area (TPSA) is 24.9 Å². The van der Waals surface area contributed by atoms with E-state index >= 15 is 0 Å². The van der Waals surface area contributed by atoms with Crippen LogP contribution in [0.5, 0.6) is 0 Å². The first kappa shape index (κ1) is 15.5. The molecule has 112 valence electrons. The van der Waals surface area contributed by atoms with E-state index < -0.39 is 11.7 Å². The van der Waals surface area contributed by atoms with E-state index in [1.54, 1.807) is 18.3 Å². The van der Waals surface area contributed by atoms with Gasteiger partial charge in [-0.15, -0.1) is 0 Å². The van der Waals surface area contributed by atoms with Gasteiger partial charge in [0, 0.05) is 6.20 Å². The Balaban J connectivity index is 2.37. The van der Waals surface area contributed by atoms with Gasteiger partial charge in [-0.1, -0.05) is 25.1 Å². The number of nitrogens with zero attached hydrogens (tertiary/aromatic N) is 1. The summed E-state index contributed by atoms with van der Waals surface area (Å²) in [4.78, 5) is 4.26. The Labute approximate surface area is 122 Å². The number of alkyl halides is 3. The van der Waals surface area contributed by atoms with Gasteiger partial charge in [0.05, 0.1) is 17.3 Å². The molecule has 0 saturated carbocycles. The molecule has 0 fully saturated rings. The SMILES string of the molecule is CCCNC(c1cccc(C(F)(F)F)c1)c1ccccn1. The molecular formula is C16H17F3N2. The molecule has 1 atom stereocenters. The first-order chi connectivity index (χ1) is 10.0. The molecule has 0 spiro atoms. The second kappa shape index (κ2) is 6.72. The highest BCUT2D eigenvalue weighted by Crippen LogP contribution is 2.31. The second-order valence-electron chi connectivity index (χ2n) is 4.76. The fourth-order valence-corrected chi connectivity index (χ4v) is 2.12. The standard InChI is InChI=1S/C16H17F3N2/c1-2-9-21-15(14-8-3-4-10-20-14)12-6-5-7-13(11-12)16(17,18)19/h3-8,10-11,15,21H,2,9H2,1H3. The van der Waals surface area contributed by atoms with E-state index in [2.05, 4.69) is 10.3 Å². The molecule has 1 aromatic heterocycles. The Bertz CT molecular complexity index is 567. The van der Waals surface area contributed by atoms with Crippen LogP contribution in [0.3, 0.4) is 0 Å². The van der Waals surface area contributed by atoms with Crippen LogP contribution in [-0.2, 0) is 6.18 Å². The zero-order chi connectivity index (χ0) is 15.3. The zero-order valence-corrected chi connectivity index (χ0v) is 11.7. The van der Waals surface area contributed by atoms with Gasteiger partial charge in [0.15, 0.2) is 0 Å². The molecular weight excluding hydrogens is 277 g/mol. The molecule has 0 saturated heterocycles. The Morgan fingerprint density at radius 3 is 2.57 bits per heavy atom. The highest BCUT2D eigenvalue weighted by molar-refractivity contribution is 5.32. The van der Waals surface area contributed by atoms with Gasteiger partial charge >= 0.3 is 6.18 Å². The van der Waals surface area contributed by atoms with Crippen LogP contribution in [0, 0.1) is 0 Å². The van der Waals surface area contributed by atoms with E-state index in [4.69, 9.17) is 0 Å². The summed E-state index contributed by atoms with van der Waals surface area (Å²) in [5.41, 5.74) is 0.640. The Hall–Kier alpha value is -1.88. The van der Waals surface area contributed by atoms with Gasteiger partial charge in [-0.25, -0.2) is 0 Å². The quantitative estimate of drug-likeness (QED) is 0.894. The summed E-state index contributed by atoms with van der Waals surface area (Å²) >= 11 is 0. The number of rotatable bonds is 5. The predicted molar refractivity (Wildman–Crippen MR) is 75.8 cm³/mol. The molecule has 0 amide bonds. The van der Waals surface area contributed by atoms with Gasteiger partial charge in [-0.05, 0) is 42.8 Å². The Kier molecular flexibility index (Phi) is 4.96. The van der Waals surface area contributed by atoms with Crippen molar-refractivity contribution in [2.24, 2.45) is 0 Å². The number of nitrogens with one attached hydrogen (secondary N) is 1.